The van der Waals surface area contributed by atoms with Crippen LogP contribution in [0.15, 0.2) is 71.7 Å². The normalized spacial score (nSPS) is 11.4. The van der Waals surface area contributed by atoms with Gasteiger partial charge in [-0.2, -0.15) is 0 Å². The minimum Gasteiger partial charge on any atom is -0.497 e. The Morgan fingerprint density at radius 1 is 1.00 bits per heavy atom. The molecule has 0 spiro atoms. The summed E-state index contributed by atoms with van der Waals surface area (Å²) in [5.74, 6) is 0.778. The molecule has 6 heteroatoms. The van der Waals surface area contributed by atoms with Crippen molar-refractivity contribution in [1.82, 2.24) is 14.4 Å². The lowest BCUT2D eigenvalue weighted by atomic mass is 10.0. The SMILES string of the molecule is COc1ccc(-c2cc3cccnc3n3c(=O)c4cc(I)ccc4nc23)cc1. The Labute approximate surface area is 173 Å². The summed E-state index contributed by atoms with van der Waals surface area (Å²) in [4.78, 5) is 22.7. The Bertz CT molecular complexity index is 1430. The van der Waals surface area contributed by atoms with Crippen molar-refractivity contribution >= 4 is 50.2 Å². The van der Waals surface area contributed by atoms with Gasteiger partial charge in [0, 0.05) is 20.7 Å². The lowest BCUT2D eigenvalue weighted by molar-refractivity contribution is 0.415. The third-order valence-corrected chi connectivity index (χ3v) is 5.47. The van der Waals surface area contributed by atoms with Gasteiger partial charge in [0.15, 0.2) is 0 Å². The smallest absolute Gasteiger partial charge is 0.267 e. The minimum atomic E-state index is -0.113. The fourth-order valence-corrected chi connectivity index (χ4v) is 3.94. The fraction of sp³-hybridized carbons (Fsp3) is 0.0455. The molecule has 136 valence electrons. The van der Waals surface area contributed by atoms with Gasteiger partial charge in [-0.25, -0.2) is 14.4 Å². The van der Waals surface area contributed by atoms with Crippen LogP contribution in [0.1, 0.15) is 0 Å². The number of hydrogen-bond acceptors (Lipinski definition) is 4. The van der Waals surface area contributed by atoms with Crippen LogP contribution < -0.4 is 10.3 Å². The maximum atomic E-state index is 13.4. The van der Waals surface area contributed by atoms with Gasteiger partial charge in [-0.1, -0.05) is 12.1 Å². The molecule has 3 aromatic heterocycles. The molecule has 5 aromatic rings. The molecule has 0 aliphatic heterocycles. The maximum Gasteiger partial charge on any atom is 0.267 e. The van der Waals surface area contributed by atoms with Crippen LogP contribution in [-0.4, -0.2) is 21.5 Å². The number of benzene rings is 2. The average molecular weight is 479 g/mol. The van der Waals surface area contributed by atoms with Crippen LogP contribution in [0.3, 0.4) is 0 Å². The van der Waals surface area contributed by atoms with Crippen LogP contribution in [0.25, 0.3) is 38.7 Å². The second-order valence-corrected chi connectivity index (χ2v) is 7.69. The van der Waals surface area contributed by atoms with Crippen molar-refractivity contribution in [2.24, 2.45) is 0 Å². The predicted molar refractivity (Wildman–Crippen MR) is 119 cm³/mol. The number of pyridine rings is 2. The van der Waals surface area contributed by atoms with Crippen LogP contribution in [0, 0.1) is 3.57 Å². The standard InChI is InChI=1S/C22H14IN3O2/c1-28-16-7-4-13(5-8-16)17-11-14-3-2-10-24-20(14)26-21(17)25-19-9-6-15(23)12-18(19)22(26)27/h2-12H,1H3. The van der Waals surface area contributed by atoms with Gasteiger partial charge in [0.2, 0.25) is 0 Å². The zero-order valence-corrected chi connectivity index (χ0v) is 17.0. The molecular formula is C22H14IN3O2. The topological polar surface area (TPSA) is 56.5 Å². The number of ether oxygens (including phenoxy) is 1. The summed E-state index contributed by atoms with van der Waals surface area (Å²) in [6.45, 7) is 0. The number of halogens is 1. The zero-order valence-electron chi connectivity index (χ0n) is 14.9. The monoisotopic (exact) mass is 479 g/mol. The van der Waals surface area contributed by atoms with E-state index in [1.165, 1.54) is 0 Å². The molecule has 0 saturated heterocycles. The van der Waals surface area contributed by atoms with Crippen molar-refractivity contribution in [1.29, 1.82) is 0 Å². The van der Waals surface area contributed by atoms with E-state index in [1.807, 2.05) is 60.7 Å². The lowest BCUT2D eigenvalue weighted by Crippen LogP contribution is -2.17. The molecule has 0 radical (unpaired) electrons. The Hall–Kier alpha value is -3.00. The summed E-state index contributed by atoms with van der Waals surface area (Å²) in [7, 11) is 1.64. The van der Waals surface area contributed by atoms with Gasteiger partial charge in [-0.05, 0) is 76.7 Å². The molecule has 0 unspecified atom stereocenters. The molecule has 0 aliphatic rings. The first kappa shape index (κ1) is 17.1. The number of hydrogen-bond donors (Lipinski definition) is 0. The van der Waals surface area contributed by atoms with Crippen molar-refractivity contribution in [3.05, 3.63) is 80.8 Å². The molecule has 2 aromatic carbocycles. The van der Waals surface area contributed by atoms with Crippen LogP contribution in [0.4, 0.5) is 0 Å². The van der Waals surface area contributed by atoms with Crippen LogP contribution in [-0.2, 0) is 0 Å². The van der Waals surface area contributed by atoms with E-state index in [0.29, 0.717) is 22.2 Å². The Morgan fingerprint density at radius 2 is 1.82 bits per heavy atom. The molecule has 0 amide bonds. The number of methoxy groups -OCH3 is 1. The molecule has 28 heavy (non-hydrogen) atoms. The van der Waals surface area contributed by atoms with E-state index in [-0.39, 0.29) is 5.56 Å². The van der Waals surface area contributed by atoms with Crippen molar-refractivity contribution in [2.75, 3.05) is 7.11 Å². The maximum absolute atomic E-state index is 13.4. The second kappa shape index (κ2) is 6.56. The van der Waals surface area contributed by atoms with Gasteiger partial charge in [-0.15, -0.1) is 0 Å². The van der Waals surface area contributed by atoms with E-state index < -0.39 is 0 Å². The quantitative estimate of drug-likeness (QED) is 0.210. The first-order chi connectivity index (χ1) is 13.7. The summed E-state index contributed by atoms with van der Waals surface area (Å²) in [6, 6.07) is 19.3. The lowest BCUT2D eigenvalue weighted by Gasteiger charge is -2.12. The second-order valence-electron chi connectivity index (χ2n) is 6.44. The number of fused-ring (bicyclic) bond motifs is 4. The molecule has 0 atom stereocenters. The van der Waals surface area contributed by atoms with Gasteiger partial charge < -0.3 is 4.74 Å². The molecular weight excluding hydrogens is 465 g/mol. The minimum absolute atomic E-state index is 0.113. The third-order valence-electron chi connectivity index (χ3n) is 4.80. The summed E-state index contributed by atoms with van der Waals surface area (Å²) in [6.07, 6.45) is 1.69. The van der Waals surface area contributed by atoms with Crippen molar-refractivity contribution < 1.29 is 4.74 Å². The van der Waals surface area contributed by atoms with Crippen LogP contribution in [0.2, 0.25) is 0 Å². The highest BCUT2D eigenvalue weighted by molar-refractivity contribution is 14.1. The van der Waals surface area contributed by atoms with E-state index in [4.69, 9.17) is 9.72 Å². The van der Waals surface area contributed by atoms with Crippen LogP contribution >= 0.6 is 22.6 Å². The molecule has 0 bridgehead atoms. The highest BCUT2D eigenvalue weighted by Gasteiger charge is 2.15. The van der Waals surface area contributed by atoms with E-state index >= 15 is 0 Å². The molecule has 5 rings (SSSR count). The highest BCUT2D eigenvalue weighted by Crippen LogP contribution is 2.29. The van der Waals surface area contributed by atoms with Crippen molar-refractivity contribution in [3.8, 4) is 16.9 Å². The molecule has 0 saturated carbocycles. The zero-order chi connectivity index (χ0) is 19.3. The first-order valence-corrected chi connectivity index (χ1v) is 9.78. The first-order valence-electron chi connectivity index (χ1n) is 8.70. The third kappa shape index (κ3) is 2.63. The Morgan fingerprint density at radius 3 is 2.61 bits per heavy atom. The Balaban J connectivity index is 1.98. The summed E-state index contributed by atoms with van der Waals surface area (Å²) in [5.41, 5.74) is 3.60. The number of nitrogens with zero attached hydrogens (tertiary/aromatic N) is 3. The van der Waals surface area contributed by atoms with Gasteiger partial charge in [0.25, 0.3) is 5.56 Å². The molecule has 0 aliphatic carbocycles. The van der Waals surface area contributed by atoms with Gasteiger partial charge in [0.1, 0.15) is 17.0 Å². The highest BCUT2D eigenvalue weighted by atomic mass is 127. The van der Waals surface area contributed by atoms with E-state index in [2.05, 4.69) is 27.6 Å². The van der Waals surface area contributed by atoms with Gasteiger partial charge in [-0.3, -0.25) is 4.79 Å². The molecule has 0 N–H and O–H groups in total. The van der Waals surface area contributed by atoms with E-state index in [0.717, 1.165) is 25.8 Å². The largest absolute Gasteiger partial charge is 0.497 e. The predicted octanol–water partition coefficient (Wildman–Crippen LogP) is 4.68. The molecule has 0 fully saturated rings. The van der Waals surface area contributed by atoms with Crippen LogP contribution in [0.5, 0.6) is 5.75 Å². The van der Waals surface area contributed by atoms with Gasteiger partial charge in [0.05, 0.1) is 18.0 Å². The average Bonchev–Trinajstić information content (AvgIpc) is 2.74. The summed E-state index contributed by atoms with van der Waals surface area (Å²) in [5, 5.41) is 1.47. The van der Waals surface area contributed by atoms with Crippen molar-refractivity contribution in [2.45, 2.75) is 0 Å². The van der Waals surface area contributed by atoms with E-state index in [9.17, 15) is 4.79 Å². The summed E-state index contributed by atoms with van der Waals surface area (Å²) >= 11 is 2.21. The summed E-state index contributed by atoms with van der Waals surface area (Å²) < 4.78 is 7.88. The fourth-order valence-electron chi connectivity index (χ4n) is 3.45. The van der Waals surface area contributed by atoms with E-state index in [1.54, 1.807) is 17.7 Å². The van der Waals surface area contributed by atoms with Gasteiger partial charge >= 0.3 is 0 Å². The number of rotatable bonds is 2. The van der Waals surface area contributed by atoms with Crippen molar-refractivity contribution in [3.63, 3.8) is 0 Å². The Kier molecular flexibility index (Phi) is 4.01. The number of aromatic nitrogens is 3. The molecule has 5 nitrogen and oxygen atoms in total. The molecule has 3 heterocycles.